The highest BCUT2D eigenvalue weighted by atomic mass is 15.2. The van der Waals surface area contributed by atoms with E-state index >= 15 is 0 Å². The minimum atomic E-state index is -0.235. The molecule has 102 valence electrons. The predicted octanol–water partition coefficient (Wildman–Crippen LogP) is 2.68. The molecule has 0 amide bonds. The van der Waals surface area contributed by atoms with Crippen LogP contribution in [0.25, 0.3) is 0 Å². The minimum Gasteiger partial charge on any atom is -0.299 e. The summed E-state index contributed by atoms with van der Waals surface area (Å²) < 4.78 is 0. The van der Waals surface area contributed by atoms with Crippen molar-refractivity contribution in [3.05, 3.63) is 0 Å². The Balaban J connectivity index is 1.96. The molecule has 3 unspecified atom stereocenters. The summed E-state index contributed by atoms with van der Waals surface area (Å²) in [6.45, 7) is 6.68. The fourth-order valence-corrected chi connectivity index (χ4v) is 3.75. The maximum atomic E-state index is 9.50. The third-order valence-corrected chi connectivity index (χ3v) is 4.78. The van der Waals surface area contributed by atoms with Crippen molar-refractivity contribution in [1.29, 1.82) is 5.26 Å². The Hall–Kier alpha value is -0.590. The highest BCUT2D eigenvalue weighted by Crippen LogP contribution is 2.36. The summed E-state index contributed by atoms with van der Waals surface area (Å²) in [5, 5.41) is 13.0. The van der Waals surface area contributed by atoms with E-state index < -0.39 is 0 Å². The van der Waals surface area contributed by atoms with E-state index in [4.69, 9.17) is 0 Å². The van der Waals surface area contributed by atoms with E-state index in [1.807, 2.05) is 0 Å². The normalized spacial score (nSPS) is 36.9. The van der Waals surface area contributed by atoms with Gasteiger partial charge in [-0.25, -0.2) is 0 Å². The zero-order valence-electron chi connectivity index (χ0n) is 11.9. The second kappa shape index (κ2) is 6.04. The van der Waals surface area contributed by atoms with Crippen LogP contribution in [0.3, 0.4) is 0 Å². The average molecular weight is 249 g/mol. The van der Waals surface area contributed by atoms with E-state index in [9.17, 15) is 5.26 Å². The summed E-state index contributed by atoms with van der Waals surface area (Å²) in [6, 6.07) is 3.97. The van der Waals surface area contributed by atoms with Crippen LogP contribution in [0.1, 0.15) is 58.8 Å². The predicted molar refractivity (Wildman–Crippen MR) is 74.3 cm³/mol. The number of hydrogen-bond acceptors (Lipinski definition) is 3. The summed E-state index contributed by atoms with van der Waals surface area (Å²) in [6.07, 6.45) is 8.32. The van der Waals surface area contributed by atoms with Crippen LogP contribution < -0.4 is 5.32 Å². The molecule has 3 atom stereocenters. The van der Waals surface area contributed by atoms with Gasteiger partial charge in [0.1, 0.15) is 5.54 Å². The fourth-order valence-electron chi connectivity index (χ4n) is 3.75. The number of nitrogens with one attached hydrogen (secondary N) is 1. The van der Waals surface area contributed by atoms with Crippen molar-refractivity contribution in [2.24, 2.45) is 0 Å². The minimum absolute atomic E-state index is 0.235. The maximum Gasteiger partial charge on any atom is 0.108 e. The van der Waals surface area contributed by atoms with Crippen molar-refractivity contribution in [2.75, 3.05) is 13.1 Å². The van der Waals surface area contributed by atoms with E-state index in [0.29, 0.717) is 6.04 Å². The largest absolute Gasteiger partial charge is 0.299 e. The van der Waals surface area contributed by atoms with Gasteiger partial charge in [0.15, 0.2) is 0 Å². The van der Waals surface area contributed by atoms with Crippen LogP contribution in [0.5, 0.6) is 0 Å². The molecule has 1 aliphatic carbocycles. The molecule has 1 heterocycles. The molecule has 1 saturated carbocycles. The molecule has 1 aliphatic heterocycles. The molecule has 3 nitrogen and oxygen atoms in total. The molecule has 3 heteroatoms. The molecule has 1 N–H and O–H groups in total. The lowest BCUT2D eigenvalue weighted by molar-refractivity contribution is 0.172. The quantitative estimate of drug-likeness (QED) is 0.814. The lowest BCUT2D eigenvalue weighted by Gasteiger charge is -2.31. The van der Waals surface area contributed by atoms with Gasteiger partial charge in [-0.05, 0) is 58.0 Å². The third kappa shape index (κ3) is 2.70. The molecule has 0 radical (unpaired) electrons. The molecule has 2 rings (SSSR count). The zero-order chi connectivity index (χ0) is 13.0. The van der Waals surface area contributed by atoms with Crippen LogP contribution in [0, 0.1) is 11.3 Å². The highest BCUT2D eigenvalue weighted by molar-refractivity contribution is 5.14. The highest BCUT2D eigenvalue weighted by Gasteiger charge is 2.43. The number of hydrogen-bond donors (Lipinski definition) is 1. The van der Waals surface area contributed by atoms with Crippen molar-refractivity contribution < 1.29 is 0 Å². The average Bonchev–Trinajstić information content (AvgIpc) is 3.03. The first-order valence-corrected chi connectivity index (χ1v) is 7.66. The Morgan fingerprint density at radius 1 is 1.39 bits per heavy atom. The second-order valence-electron chi connectivity index (χ2n) is 5.96. The molecule has 0 aromatic carbocycles. The molecule has 0 aromatic rings. The Morgan fingerprint density at radius 3 is 2.89 bits per heavy atom. The standard InChI is InChI=1S/C15H27N3/c1-3-9-17-15(12-16)8-7-14(11-15)18-10-5-6-13(18)4-2/h13-14,17H,3-11H2,1-2H3. The first-order valence-electron chi connectivity index (χ1n) is 7.66. The zero-order valence-corrected chi connectivity index (χ0v) is 11.9. The van der Waals surface area contributed by atoms with Crippen LogP contribution in [0.4, 0.5) is 0 Å². The van der Waals surface area contributed by atoms with E-state index in [1.165, 1.54) is 32.2 Å². The molecule has 0 spiro atoms. The topological polar surface area (TPSA) is 39.1 Å². The lowest BCUT2D eigenvalue weighted by atomic mass is 9.99. The SMILES string of the molecule is CCCNC1(C#N)CCC(N2CCCC2CC)C1. The summed E-state index contributed by atoms with van der Waals surface area (Å²) in [5.74, 6) is 0. The molecule has 2 aliphatic rings. The van der Waals surface area contributed by atoms with Crippen molar-refractivity contribution >= 4 is 0 Å². The van der Waals surface area contributed by atoms with Crippen molar-refractivity contribution in [3.63, 3.8) is 0 Å². The summed E-state index contributed by atoms with van der Waals surface area (Å²) >= 11 is 0. The van der Waals surface area contributed by atoms with Crippen LogP contribution >= 0.6 is 0 Å². The monoisotopic (exact) mass is 249 g/mol. The molecule has 0 aromatic heterocycles. The van der Waals surface area contributed by atoms with Crippen LogP contribution in [-0.4, -0.2) is 35.6 Å². The third-order valence-electron chi connectivity index (χ3n) is 4.78. The Labute approximate surface area is 112 Å². The number of likely N-dealkylation sites (tertiary alicyclic amines) is 1. The fraction of sp³-hybridized carbons (Fsp3) is 0.933. The lowest BCUT2D eigenvalue weighted by Crippen LogP contribution is -2.45. The van der Waals surface area contributed by atoms with Crippen LogP contribution in [0.2, 0.25) is 0 Å². The summed E-state index contributed by atoms with van der Waals surface area (Å²) in [7, 11) is 0. The molecule has 18 heavy (non-hydrogen) atoms. The van der Waals surface area contributed by atoms with E-state index in [0.717, 1.165) is 31.8 Å². The van der Waals surface area contributed by atoms with E-state index in [2.05, 4.69) is 30.1 Å². The maximum absolute atomic E-state index is 9.50. The first-order chi connectivity index (χ1) is 8.74. The van der Waals surface area contributed by atoms with Crippen molar-refractivity contribution in [2.45, 2.75) is 76.4 Å². The number of nitriles is 1. The Kier molecular flexibility index (Phi) is 4.64. The van der Waals surface area contributed by atoms with Crippen molar-refractivity contribution in [1.82, 2.24) is 10.2 Å². The Bertz CT molecular complexity index is 309. The van der Waals surface area contributed by atoms with Gasteiger partial charge in [-0.3, -0.25) is 10.2 Å². The van der Waals surface area contributed by atoms with Crippen molar-refractivity contribution in [3.8, 4) is 6.07 Å². The van der Waals surface area contributed by atoms with Gasteiger partial charge in [0.05, 0.1) is 6.07 Å². The first kappa shape index (κ1) is 13.8. The summed E-state index contributed by atoms with van der Waals surface area (Å²) in [4.78, 5) is 2.69. The van der Waals surface area contributed by atoms with Gasteiger partial charge in [0.25, 0.3) is 0 Å². The van der Waals surface area contributed by atoms with E-state index in [1.54, 1.807) is 0 Å². The van der Waals surface area contributed by atoms with Gasteiger partial charge in [-0.1, -0.05) is 13.8 Å². The molecule has 1 saturated heterocycles. The molecule has 2 fully saturated rings. The Morgan fingerprint density at radius 2 is 2.22 bits per heavy atom. The molecular formula is C15H27N3. The molecular weight excluding hydrogens is 222 g/mol. The van der Waals surface area contributed by atoms with Crippen LogP contribution in [0.15, 0.2) is 0 Å². The van der Waals surface area contributed by atoms with Gasteiger partial charge in [0, 0.05) is 12.1 Å². The summed E-state index contributed by atoms with van der Waals surface area (Å²) in [5.41, 5.74) is -0.235. The van der Waals surface area contributed by atoms with Gasteiger partial charge in [-0.15, -0.1) is 0 Å². The van der Waals surface area contributed by atoms with Crippen LogP contribution in [-0.2, 0) is 0 Å². The van der Waals surface area contributed by atoms with E-state index in [-0.39, 0.29) is 5.54 Å². The van der Waals surface area contributed by atoms with Gasteiger partial charge in [0.2, 0.25) is 0 Å². The number of rotatable bonds is 5. The smallest absolute Gasteiger partial charge is 0.108 e. The van der Waals surface area contributed by atoms with Gasteiger partial charge < -0.3 is 0 Å². The van der Waals surface area contributed by atoms with Gasteiger partial charge in [-0.2, -0.15) is 5.26 Å². The number of nitrogens with zero attached hydrogens (tertiary/aromatic N) is 2. The van der Waals surface area contributed by atoms with Gasteiger partial charge >= 0.3 is 0 Å². The second-order valence-corrected chi connectivity index (χ2v) is 5.96. The molecule has 0 bridgehead atoms.